The van der Waals surface area contributed by atoms with Gasteiger partial charge in [-0.2, -0.15) is 4.80 Å². The van der Waals surface area contributed by atoms with Crippen LogP contribution >= 0.6 is 0 Å². The largest absolute Gasteiger partial charge is 0.351 e. The summed E-state index contributed by atoms with van der Waals surface area (Å²) in [7, 11) is 0. The van der Waals surface area contributed by atoms with E-state index in [2.05, 4.69) is 27.7 Å². The number of benzene rings is 1. The predicted octanol–water partition coefficient (Wildman–Crippen LogP) is 2.17. The van der Waals surface area contributed by atoms with Crippen LogP contribution in [0.25, 0.3) is 11.4 Å². The second kappa shape index (κ2) is 6.85. The molecule has 23 heavy (non-hydrogen) atoms. The second-order valence-electron chi connectivity index (χ2n) is 6.09. The zero-order valence-corrected chi connectivity index (χ0v) is 13.1. The van der Waals surface area contributed by atoms with E-state index in [-0.39, 0.29) is 24.3 Å². The van der Waals surface area contributed by atoms with E-state index in [0.29, 0.717) is 17.3 Å². The molecule has 0 spiro atoms. The molecule has 0 unspecified atom stereocenters. The number of hydrogen-bond donors (Lipinski definition) is 1. The minimum Gasteiger partial charge on any atom is -0.351 e. The van der Waals surface area contributed by atoms with Crippen LogP contribution in [-0.2, 0) is 11.3 Å². The molecule has 122 valence electrons. The molecule has 6 nitrogen and oxygen atoms in total. The molecule has 1 heterocycles. The highest BCUT2D eigenvalue weighted by atomic mass is 19.1. The Labute approximate surface area is 134 Å². The maximum absolute atomic E-state index is 13.2. The van der Waals surface area contributed by atoms with E-state index < -0.39 is 0 Å². The van der Waals surface area contributed by atoms with E-state index in [9.17, 15) is 9.18 Å². The van der Waals surface area contributed by atoms with E-state index in [1.54, 1.807) is 12.1 Å². The molecule has 1 aromatic carbocycles. The third-order valence-electron chi connectivity index (χ3n) is 4.28. The van der Waals surface area contributed by atoms with Crippen LogP contribution in [0, 0.1) is 11.7 Å². The van der Waals surface area contributed by atoms with Gasteiger partial charge in [-0.25, -0.2) is 4.39 Å². The number of nitrogens with zero attached hydrogens (tertiary/aromatic N) is 4. The molecule has 2 aromatic rings. The first-order valence-corrected chi connectivity index (χ1v) is 7.95. The van der Waals surface area contributed by atoms with Crippen molar-refractivity contribution in [1.29, 1.82) is 0 Å². The number of nitrogens with one attached hydrogen (secondary N) is 1. The molecule has 0 saturated heterocycles. The number of tetrazole rings is 1. The average molecular weight is 317 g/mol. The Hall–Kier alpha value is -2.31. The fourth-order valence-electron chi connectivity index (χ4n) is 2.96. The number of carbonyl (C=O) groups is 1. The van der Waals surface area contributed by atoms with Gasteiger partial charge >= 0.3 is 0 Å². The van der Waals surface area contributed by atoms with Gasteiger partial charge in [0.05, 0.1) is 0 Å². The smallest absolute Gasteiger partial charge is 0.243 e. The Morgan fingerprint density at radius 1 is 1.39 bits per heavy atom. The molecule has 3 rings (SSSR count). The summed E-state index contributed by atoms with van der Waals surface area (Å²) >= 11 is 0. The standard InChI is InChI=1S/C16H20FN5O/c1-11-5-2-3-8-14(11)18-15(23)10-22-20-16(19-21-22)12-6-4-7-13(17)9-12/h4,6-7,9,11,14H,2-3,5,8,10H2,1H3,(H,18,23)/t11-,14+/m0/s1. The number of halogens is 1. The van der Waals surface area contributed by atoms with E-state index in [1.807, 2.05) is 0 Å². The molecule has 7 heteroatoms. The van der Waals surface area contributed by atoms with Crippen LogP contribution < -0.4 is 5.32 Å². The highest BCUT2D eigenvalue weighted by molar-refractivity contribution is 5.75. The summed E-state index contributed by atoms with van der Waals surface area (Å²) < 4.78 is 13.2. The SMILES string of the molecule is C[C@H]1CCCC[C@H]1NC(=O)Cn1nnc(-c2cccc(F)c2)n1. The average Bonchev–Trinajstić information content (AvgIpc) is 2.98. The van der Waals surface area contributed by atoms with Crippen molar-refractivity contribution in [3.05, 3.63) is 30.1 Å². The first-order chi connectivity index (χ1) is 11.1. The van der Waals surface area contributed by atoms with Gasteiger partial charge in [0, 0.05) is 11.6 Å². The number of amides is 1. The highest BCUT2D eigenvalue weighted by Gasteiger charge is 2.23. The molecule has 1 aliphatic carbocycles. The quantitative estimate of drug-likeness (QED) is 0.938. The summed E-state index contributed by atoms with van der Waals surface area (Å²) in [4.78, 5) is 13.4. The summed E-state index contributed by atoms with van der Waals surface area (Å²) in [5.74, 6) is 0.331. The van der Waals surface area contributed by atoms with Gasteiger partial charge in [-0.15, -0.1) is 10.2 Å². The van der Waals surface area contributed by atoms with E-state index in [0.717, 1.165) is 19.3 Å². The van der Waals surface area contributed by atoms with Gasteiger partial charge < -0.3 is 5.32 Å². The number of rotatable bonds is 4. The van der Waals surface area contributed by atoms with Crippen molar-refractivity contribution in [2.45, 2.75) is 45.2 Å². The maximum atomic E-state index is 13.2. The Morgan fingerprint density at radius 3 is 3.00 bits per heavy atom. The van der Waals surface area contributed by atoms with Gasteiger partial charge in [0.15, 0.2) is 0 Å². The first kappa shape index (κ1) is 15.6. The minimum absolute atomic E-state index is 0.0194. The van der Waals surface area contributed by atoms with E-state index in [4.69, 9.17) is 0 Å². The van der Waals surface area contributed by atoms with Crippen molar-refractivity contribution in [3.63, 3.8) is 0 Å². The maximum Gasteiger partial charge on any atom is 0.243 e. The molecule has 0 radical (unpaired) electrons. The normalized spacial score (nSPS) is 21.1. The Balaban J connectivity index is 1.61. The summed E-state index contributed by atoms with van der Waals surface area (Å²) in [6.07, 6.45) is 4.55. The third-order valence-corrected chi connectivity index (χ3v) is 4.28. The lowest BCUT2D eigenvalue weighted by molar-refractivity contribution is -0.123. The lowest BCUT2D eigenvalue weighted by Gasteiger charge is -2.29. The fourth-order valence-corrected chi connectivity index (χ4v) is 2.96. The van der Waals surface area contributed by atoms with Gasteiger partial charge in [-0.1, -0.05) is 31.9 Å². The fraction of sp³-hybridized carbons (Fsp3) is 0.500. The summed E-state index contributed by atoms with van der Waals surface area (Å²) in [5.41, 5.74) is 0.539. The molecule has 1 fully saturated rings. The third kappa shape index (κ3) is 3.91. The Morgan fingerprint density at radius 2 is 2.22 bits per heavy atom. The molecule has 1 saturated carbocycles. The predicted molar refractivity (Wildman–Crippen MR) is 82.8 cm³/mol. The lowest BCUT2D eigenvalue weighted by atomic mass is 9.86. The topological polar surface area (TPSA) is 72.7 Å². The first-order valence-electron chi connectivity index (χ1n) is 7.95. The monoisotopic (exact) mass is 317 g/mol. The van der Waals surface area contributed by atoms with Crippen molar-refractivity contribution in [1.82, 2.24) is 25.5 Å². The highest BCUT2D eigenvalue weighted by Crippen LogP contribution is 2.23. The van der Waals surface area contributed by atoms with Gasteiger partial charge in [0.25, 0.3) is 0 Å². The number of aromatic nitrogens is 4. The van der Waals surface area contributed by atoms with Crippen LogP contribution in [0.5, 0.6) is 0 Å². The van der Waals surface area contributed by atoms with Crippen molar-refractivity contribution in [2.75, 3.05) is 0 Å². The molecular formula is C16H20FN5O. The zero-order valence-electron chi connectivity index (χ0n) is 13.1. The van der Waals surface area contributed by atoms with Gasteiger partial charge in [0.1, 0.15) is 12.4 Å². The molecule has 0 bridgehead atoms. The van der Waals surface area contributed by atoms with Crippen LogP contribution in [0.4, 0.5) is 4.39 Å². The Kier molecular flexibility index (Phi) is 4.64. The number of hydrogen-bond acceptors (Lipinski definition) is 4. The molecule has 1 aliphatic rings. The molecule has 0 aliphatic heterocycles. The van der Waals surface area contributed by atoms with Crippen LogP contribution in [0.3, 0.4) is 0 Å². The van der Waals surface area contributed by atoms with Gasteiger partial charge in [-0.05, 0) is 36.1 Å². The summed E-state index contributed by atoms with van der Waals surface area (Å²) in [6.45, 7) is 2.19. The van der Waals surface area contributed by atoms with Crippen LogP contribution in [0.2, 0.25) is 0 Å². The second-order valence-corrected chi connectivity index (χ2v) is 6.09. The van der Waals surface area contributed by atoms with Gasteiger partial charge in [-0.3, -0.25) is 4.79 Å². The van der Waals surface area contributed by atoms with Crippen molar-refractivity contribution < 1.29 is 9.18 Å². The minimum atomic E-state index is -0.358. The van der Waals surface area contributed by atoms with Gasteiger partial charge in [0.2, 0.25) is 11.7 Å². The van der Waals surface area contributed by atoms with Crippen LogP contribution in [0.1, 0.15) is 32.6 Å². The molecule has 1 N–H and O–H groups in total. The molecule has 2 atom stereocenters. The summed E-state index contributed by atoms with van der Waals surface area (Å²) in [6, 6.07) is 6.21. The van der Waals surface area contributed by atoms with Crippen molar-refractivity contribution in [2.24, 2.45) is 5.92 Å². The van der Waals surface area contributed by atoms with Crippen molar-refractivity contribution in [3.8, 4) is 11.4 Å². The molecule has 1 amide bonds. The lowest BCUT2D eigenvalue weighted by Crippen LogP contribution is -2.42. The molecule has 1 aromatic heterocycles. The zero-order chi connectivity index (χ0) is 16.2. The van der Waals surface area contributed by atoms with Crippen LogP contribution in [-0.4, -0.2) is 32.2 Å². The van der Waals surface area contributed by atoms with Crippen LogP contribution in [0.15, 0.2) is 24.3 Å². The number of carbonyl (C=O) groups excluding carboxylic acids is 1. The van der Waals surface area contributed by atoms with E-state index >= 15 is 0 Å². The Bertz CT molecular complexity index is 687. The van der Waals surface area contributed by atoms with E-state index in [1.165, 1.54) is 23.4 Å². The van der Waals surface area contributed by atoms with Crippen molar-refractivity contribution >= 4 is 5.91 Å². The molecular weight excluding hydrogens is 297 g/mol. The summed E-state index contributed by atoms with van der Waals surface area (Å²) in [5, 5.41) is 14.9.